The fourth-order valence-corrected chi connectivity index (χ4v) is 3.93. The Kier molecular flexibility index (Phi) is 5.40. The highest BCUT2D eigenvalue weighted by Gasteiger charge is 2.52. The van der Waals surface area contributed by atoms with E-state index in [-0.39, 0.29) is 5.97 Å². The average molecular weight is 391 g/mol. The summed E-state index contributed by atoms with van der Waals surface area (Å²) in [7, 11) is 0. The molecule has 1 heterocycles. The smallest absolute Gasteiger partial charge is 0.343 e. The number of aryl methyl sites for hydroxylation is 1. The van der Waals surface area contributed by atoms with Gasteiger partial charge in [0.1, 0.15) is 5.57 Å². The van der Waals surface area contributed by atoms with Crippen molar-refractivity contribution < 1.29 is 19.1 Å². The van der Waals surface area contributed by atoms with Gasteiger partial charge in [-0.1, -0.05) is 31.0 Å². The summed E-state index contributed by atoms with van der Waals surface area (Å²) in [5, 5.41) is 0.598. The van der Waals surface area contributed by atoms with Crippen LogP contribution in [-0.4, -0.2) is 17.5 Å². The summed E-state index contributed by atoms with van der Waals surface area (Å²) in [6, 6.07) is 5.35. The number of ether oxygens (including phenoxy) is 2. The number of rotatable bonds is 4. The second kappa shape index (κ2) is 7.31. The summed E-state index contributed by atoms with van der Waals surface area (Å²) in [4.78, 5) is 25.7. The Bertz CT molecular complexity index is 801. The van der Waals surface area contributed by atoms with Crippen molar-refractivity contribution in [3.63, 3.8) is 0 Å². The van der Waals surface area contributed by atoms with Crippen LogP contribution in [0.15, 0.2) is 24.0 Å². The van der Waals surface area contributed by atoms with Crippen molar-refractivity contribution in [2.45, 2.75) is 71.8 Å². The first-order valence-corrected chi connectivity index (χ1v) is 10.0. The Morgan fingerprint density at radius 2 is 1.93 bits per heavy atom. The van der Waals surface area contributed by atoms with Crippen molar-refractivity contribution >= 4 is 29.1 Å². The van der Waals surface area contributed by atoms with E-state index < -0.39 is 17.0 Å². The van der Waals surface area contributed by atoms with Gasteiger partial charge in [-0.2, -0.15) is 0 Å². The van der Waals surface area contributed by atoms with Gasteiger partial charge >= 0.3 is 11.9 Å². The third kappa shape index (κ3) is 3.64. The molecular weight excluding hydrogens is 364 g/mol. The van der Waals surface area contributed by atoms with Crippen LogP contribution in [0.4, 0.5) is 0 Å². The van der Waals surface area contributed by atoms with Crippen molar-refractivity contribution in [3.8, 4) is 0 Å². The quantitative estimate of drug-likeness (QED) is 0.628. The van der Waals surface area contributed by atoms with Gasteiger partial charge in [-0.25, -0.2) is 4.79 Å². The molecule has 1 spiro atoms. The number of carbonyl (C=O) groups excluding carboxylic acids is 2. The fourth-order valence-electron chi connectivity index (χ4n) is 3.71. The van der Waals surface area contributed by atoms with E-state index in [1.54, 1.807) is 18.2 Å². The molecule has 2 aliphatic rings. The summed E-state index contributed by atoms with van der Waals surface area (Å²) in [6.07, 6.45) is 5.00. The largest absolute Gasteiger partial charge is 0.447 e. The third-order valence-corrected chi connectivity index (χ3v) is 6.12. The Labute approximate surface area is 165 Å². The monoisotopic (exact) mass is 390 g/mol. The number of carbonyl (C=O) groups is 2. The van der Waals surface area contributed by atoms with Crippen LogP contribution in [0.25, 0.3) is 5.57 Å². The lowest BCUT2D eigenvalue weighted by Crippen LogP contribution is -2.38. The molecule has 1 aliphatic carbocycles. The van der Waals surface area contributed by atoms with Crippen molar-refractivity contribution in [1.82, 2.24) is 0 Å². The van der Waals surface area contributed by atoms with Crippen LogP contribution in [0.1, 0.15) is 70.4 Å². The molecule has 0 amide bonds. The second-order valence-corrected chi connectivity index (χ2v) is 8.67. The number of hydrogen-bond donors (Lipinski definition) is 0. The van der Waals surface area contributed by atoms with E-state index in [0.717, 1.165) is 24.8 Å². The maximum atomic E-state index is 12.9. The zero-order valence-corrected chi connectivity index (χ0v) is 17.2. The highest BCUT2D eigenvalue weighted by atomic mass is 35.5. The van der Waals surface area contributed by atoms with Crippen LogP contribution in [-0.2, 0) is 19.1 Å². The molecule has 146 valence electrons. The molecule has 5 heteroatoms. The van der Waals surface area contributed by atoms with Gasteiger partial charge in [0.05, 0.1) is 5.41 Å². The number of hydrogen-bond acceptors (Lipinski definition) is 4. The summed E-state index contributed by atoms with van der Waals surface area (Å²) >= 11 is 6.08. The molecule has 0 aromatic heterocycles. The lowest BCUT2D eigenvalue weighted by molar-refractivity contribution is -0.160. The summed E-state index contributed by atoms with van der Waals surface area (Å²) in [5.41, 5.74) is 0.478. The number of benzene rings is 1. The molecule has 1 aliphatic heterocycles. The first-order valence-electron chi connectivity index (χ1n) is 9.67. The van der Waals surface area contributed by atoms with Gasteiger partial charge in [0, 0.05) is 5.02 Å². The van der Waals surface area contributed by atoms with Crippen molar-refractivity contribution in [2.75, 3.05) is 0 Å². The van der Waals surface area contributed by atoms with E-state index in [2.05, 4.69) is 0 Å². The normalized spacial score (nSPS) is 19.4. The summed E-state index contributed by atoms with van der Waals surface area (Å²) in [6.45, 7) is 7.55. The number of esters is 2. The van der Waals surface area contributed by atoms with E-state index >= 15 is 0 Å². The molecule has 0 unspecified atom stereocenters. The van der Waals surface area contributed by atoms with Crippen LogP contribution in [0.3, 0.4) is 0 Å². The van der Waals surface area contributed by atoms with E-state index in [1.807, 2.05) is 27.7 Å². The minimum Gasteiger partial charge on any atom is -0.447 e. The molecule has 0 radical (unpaired) electrons. The van der Waals surface area contributed by atoms with E-state index in [9.17, 15) is 9.59 Å². The van der Waals surface area contributed by atoms with Crippen molar-refractivity contribution in [2.24, 2.45) is 5.41 Å². The fraction of sp³-hybridized carbons (Fsp3) is 0.545. The van der Waals surface area contributed by atoms with Gasteiger partial charge in [0.2, 0.25) is 0 Å². The molecule has 0 N–H and O–H groups in total. The Morgan fingerprint density at radius 1 is 1.26 bits per heavy atom. The van der Waals surface area contributed by atoms with Crippen LogP contribution >= 0.6 is 11.6 Å². The molecule has 1 aromatic rings. The third-order valence-electron chi connectivity index (χ3n) is 5.88. The Balaban J connectivity index is 2.14. The lowest BCUT2D eigenvalue weighted by atomic mass is 9.82. The number of halogens is 1. The first kappa shape index (κ1) is 19.9. The molecule has 1 saturated carbocycles. The van der Waals surface area contributed by atoms with Gasteiger partial charge in [0.15, 0.2) is 11.4 Å². The Hall–Kier alpha value is -1.81. The summed E-state index contributed by atoms with van der Waals surface area (Å²) < 4.78 is 11.8. The topological polar surface area (TPSA) is 52.6 Å². The molecule has 4 nitrogen and oxygen atoms in total. The molecule has 0 saturated heterocycles. The molecule has 0 bridgehead atoms. The molecule has 27 heavy (non-hydrogen) atoms. The van der Waals surface area contributed by atoms with Gasteiger partial charge in [-0.05, 0) is 76.1 Å². The molecule has 3 rings (SSSR count). The van der Waals surface area contributed by atoms with Gasteiger partial charge in [0.25, 0.3) is 0 Å². The molecule has 1 aromatic carbocycles. The standard InChI is InChI=1S/C22H27ClO4/c1-5-21(3,4)20(25)26-18-17(16-10-9-15(23)13-14(16)2)19(24)27-22(18)11-7-6-8-12-22/h9-10,13H,5-8,11-12H2,1-4H3. The SMILES string of the molecule is CCC(C)(C)C(=O)OC1=C(c2ccc(Cl)cc2C)C(=O)OC12CCCCC2. The van der Waals surface area contributed by atoms with Crippen molar-refractivity contribution in [1.29, 1.82) is 0 Å². The van der Waals surface area contributed by atoms with Crippen LogP contribution in [0, 0.1) is 12.3 Å². The zero-order chi connectivity index (χ0) is 19.8. The highest BCUT2D eigenvalue weighted by molar-refractivity contribution is 6.31. The zero-order valence-electron chi connectivity index (χ0n) is 16.5. The van der Waals surface area contributed by atoms with Crippen LogP contribution in [0.5, 0.6) is 0 Å². The van der Waals surface area contributed by atoms with E-state index in [1.165, 1.54) is 0 Å². The second-order valence-electron chi connectivity index (χ2n) is 8.23. The predicted octanol–water partition coefficient (Wildman–Crippen LogP) is 5.60. The van der Waals surface area contributed by atoms with Gasteiger partial charge < -0.3 is 9.47 Å². The van der Waals surface area contributed by atoms with Gasteiger partial charge in [-0.3, -0.25) is 4.79 Å². The first-order chi connectivity index (χ1) is 12.7. The lowest BCUT2D eigenvalue weighted by Gasteiger charge is -2.34. The predicted molar refractivity (Wildman–Crippen MR) is 105 cm³/mol. The molecule has 0 atom stereocenters. The average Bonchev–Trinajstić information content (AvgIpc) is 2.87. The molecule has 1 fully saturated rings. The minimum absolute atomic E-state index is 0.327. The maximum absolute atomic E-state index is 12.9. The highest BCUT2D eigenvalue weighted by Crippen LogP contribution is 2.48. The Morgan fingerprint density at radius 3 is 2.52 bits per heavy atom. The molecular formula is C22H27ClO4. The minimum atomic E-state index is -0.823. The summed E-state index contributed by atoms with van der Waals surface area (Å²) in [5.74, 6) is -0.351. The van der Waals surface area contributed by atoms with Crippen LogP contribution < -0.4 is 0 Å². The van der Waals surface area contributed by atoms with E-state index in [4.69, 9.17) is 21.1 Å². The van der Waals surface area contributed by atoms with Crippen molar-refractivity contribution in [3.05, 3.63) is 40.1 Å². The van der Waals surface area contributed by atoms with Gasteiger partial charge in [-0.15, -0.1) is 0 Å². The maximum Gasteiger partial charge on any atom is 0.343 e. The van der Waals surface area contributed by atoms with Crippen LogP contribution in [0.2, 0.25) is 5.02 Å². The van der Waals surface area contributed by atoms with E-state index in [0.29, 0.717) is 41.2 Å².